The third kappa shape index (κ3) is 5.43. The molecule has 20 heavy (non-hydrogen) atoms. The van der Waals surface area contributed by atoms with Crippen LogP contribution in [0.2, 0.25) is 0 Å². The first-order valence-electron chi connectivity index (χ1n) is 7.53. The van der Waals surface area contributed by atoms with E-state index in [0.29, 0.717) is 6.04 Å². The number of hydrogen-bond acceptors (Lipinski definition) is 5. The molecule has 0 bridgehead atoms. The minimum atomic E-state index is 0.424. The Morgan fingerprint density at radius 2 is 1.95 bits per heavy atom. The van der Waals surface area contributed by atoms with Crippen LogP contribution in [0, 0.1) is 0 Å². The minimum absolute atomic E-state index is 0.424. The molecule has 0 saturated carbocycles. The van der Waals surface area contributed by atoms with Crippen LogP contribution in [0.1, 0.15) is 32.9 Å². The number of aromatic nitrogens is 2. The van der Waals surface area contributed by atoms with Gasteiger partial charge < -0.3 is 15.1 Å². The molecule has 0 aliphatic rings. The van der Waals surface area contributed by atoms with Crippen molar-refractivity contribution in [1.29, 1.82) is 0 Å². The van der Waals surface area contributed by atoms with E-state index in [1.54, 1.807) is 0 Å². The van der Waals surface area contributed by atoms with E-state index in [1.165, 1.54) is 0 Å². The van der Waals surface area contributed by atoms with Crippen molar-refractivity contribution in [2.45, 2.75) is 39.8 Å². The first kappa shape index (κ1) is 16.9. The Morgan fingerprint density at radius 1 is 1.20 bits per heavy atom. The lowest BCUT2D eigenvalue weighted by Gasteiger charge is -2.30. The van der Waals surface area contributed by atoms with Crippen LogP contribution in [0.5, 0.6) is 0 Å². The number of rotatable bonds is 9. The van der Waals surface area contributed by atoms with Gasteiger partial charge in [-0.2, -0.15) is 5.10 Å². The molecule has 0 aliphatic carbocycles. The molecule has 0 fully saturated rings. The molecule has 1 aromatic rings. The third-order valence-electron chi connectivity index (χ3n) is 3.23. The molecule has 0 amide bonds. The molecular formula is C15H29N5. The van der Waals surface area contributed by atoms with Gasteiger partial charge in [-0.05, 0) is 53.0 Å². The molecule has 1 rings (SSSR count). The van der Waals surface area contributed by atoms with Crippen LogP contribution in [0.3, 0.4) is 0 Å². The van der Waals surface area contributed by atoms with E-state index in [4.69, 9.17) is 0 Å². The topological polar surface area (TPSA) is 44.3 Å². The van der Waals surface area contributed by atoms with E-state index in [9.17, 15) is 0 Å². The highest BCUT2D eigenvalue weighted by Gasteiger charge is 2.15. The summed E-state index contributed by atoms with van der Waals surface area (Å²) in [4.78, 5) is 4.49. The van der Waals surface area contributed by atoms with Crippen molar-refractivity contribution in [2.24, 2.45) is 0 Å². The molecule has 1 N–H and O–H groups in total. The molecule has 5 nitrogen and oxygen atoms in total. The van der Waals surface area contributed by atoms with Gasteiger partial charge in [0.1, 0.15) is 0 Å². The highest BCUT2D eigenvalue weighted by molar-refractivity contribution is 5.38. The Hall–Kier alpha value is -1.20. The average Bonchev–Trinajstić information content (AvgIpc) is 2.41. The predicted molar refractivity (Wildman–Crippen MR) is 85.1 cm³/mol. The zero-order chi connectivity index (χ0) is 15.0. The van der Waals surface area contributed by atoms with E-state index in [0.717, 1.165) is 44.1 Å². The van der Waals surface area contributed by atoms with Crippen molar-refractivity contribution in [3.05, 3.63) is 17.8 Å². The standard InChI is InChI=1S/C15H29N5/c1-6-10-16-11-14-8-9-15(18-17-14)20(7-2)13(3)12-19(4)5/h8-9,13,16H,6-7,10-12H2,1-5H3. The molecule has 0 radical (unpaired) electrons. The van der Waals surface area contributed by atoms with Crippen LogP contribution in [-0.4, -0.2) is 54.9 Å². The van der Waals surface area contributed by atoms with Crippen molar-refractivity contribution in [3.63, 3.8) is 0 Å². The van der Waals surface area contributed by atoms with E-state index in [1.807, 2.05) is 0 Å². The van der Waals surface area contributed by atoms with Crippen molar-refractivity contribution >= 4 is 5.82 Å². The van der Waals surface area contributed by atoms with Gasteiger partial charge in [0, 0.05) is 25.7 Å². The summed E-state index contributed by atoms with van der Waals surface area (Å²) in [7, 11) is 4.19. The number of likely N-dealkylation sites (N-methyl/N-ethyl adjacent to an activating group) is 2. The van der Waals surface area contributed by atoms with Crippen molar-refractivity contribution < 1.29 is 0 Å². The number of nitrogens with zero attached hydrogens (tertiary/aromatic N) is 4. The summed E-state index contributed by atoms with van der Waals surface area (Å²) in [5, 5.41) is 12.0. The maximum absolute atomic E-state index is 4.37. The number of hydrogen-bond donors (Lipinski definition) is 1. The van der Waals surface area contributed by atoms with Crippen LogP contribution in [0.15, 0.2) is 12.1 Å². The monoisotopic (exact) mass is 279 g/mol. The Morgan fingerprint density at radius 3 is 2.45 bits per heavy atom. The molecular weight excluding hydrogens is 250 g/mol. The van der Waals surface area contributed by atoms with Crippen molar-refractivity contribution in [1.82, 2.24) is 20.4 Å². The van der Waals surface area contributed by atoms with E-state index in [-0.39, 0.29) is 0 Å². The Bertz CT molecular complexity index is 363. The van der Waals surface area contributed by atoms with Crippen LogP contribution in [-0.2, 0) is 6.54 Å². The van der Waals surface area contributed by atoms with Crippen molar-refractivity contribution in [3.8, 4) is 0 Å². The summed E-state index contributed by atoms with van der Waals surface area (Å²) < 4.78 is 0. The highest BCUT2D eigenvalue weighted by Crippen LogP contribution is 2.13. The van der Waals surface area contributed by atoms with Crippen LogP contribution in [0.25, 0.3) is 0 Å². The maximum atomic E-state index is 4.37. The largest absolute Gasteiger partial charge is 0.351 e. The van der Waals surface area contributed by atoms with Gasteiger partial charge in [-0.15, -0.1) is 5.10 Å². The molecule has 1 atom stereocenters. The average molecular weight is 279 g/mol. The van der Waals surface area contributed by atoms with Gasteiger partial charge in [0.2, 0.25) is 0 Å². The van der Waals surface area contributed by atoms with E-state index < -0.39 is 0 Å². The first-order chi connectivity index (χ1) is 9.58. The third-order valence-corrected chi connectivity index (χ3v) is 3.23. The second-order valence-corrected chi connectivity index (χ2v) is 5.46. The lowest BCUT2D eigenvalue weighted by molar-refractivity contribution is 0.372. The van der Waals surface area contributed by atoms with Crippen molar-refractivity contribution in [2.75, 3.05) is 38.6 Å². The van der Waals surface area contributed by atoms with Gasteiger partial charge in [0.05, 0.1) is 5.69 Å². The first-order valence-corrected chi connectivity index (χ1v) is 7.53. The summed E-state index contributed by atoms with van der Waals surface area (Å²) in [6, 6.07) is 4.56. The van der Waals surface area contributed by atoms with Gasteiger partial charge in [0.15, 0.2) is 5.82 Å². The van der Waals surface area contributed by atoms with E-state index >= 15 is 0 Å². The highest BCUT2D eigenvalue weighted by atomic mass is 15.3. The smallest absolute Gasteiger partial charge is 0.151 e. The summed E-state index contributed by atoms with van der Waals surface area (Å²) in [5.74, 6) is 0.959. The fraction of sp³-hybridized carbons (Fsp3) is 0.733. The quantitative estimate of drug-likeness (QED) is 0.698. The van der Waals surface area contributed by atoms with E-state index in [2.05, 4.69) is 72.3 Å². The lowest BCUT2D eigenvalue weighted by Crippen LogP contribution is -2.40. The molecule has 1 heterocycles. The zero-order valence-corrected chi connectivity index (χ0v) is 13.6. The molecule has 0 spiro atoms. The predicted octanol–water partition coefficient (Wildman–Crippen LogP) is 1.75. The summed E-state index contributed by atoms with van der Waals surface area (Å²) in [6.07, 6.45) is 1.14. The van der Waals surface area contributed by atoms with Gasteiger partial charge in [-0.1, -0.05) is 6.92 Å². The second kappa shape index (κ2) is 8.87. The fourth-order valence-electron chi connectivity index (χ4n) is 2.32. The minimum Gasteiger partial charge on any atom is -0.351 e. The lowest BCUT2D eigenvalue weighted by atomic mass is 10.2. The fourth-order valence-corrected chi connectivity index (χ4v) is 2.32. The van der Waals surface area contributed by atoms with Gasteiger partial charge >= 0.3 is 0 Å². The van der Waals surface area contributed by atoms with Crippen LogP contribution in [0.4, 0.5) is 5.82 Å². The molecule has 0 aromatic carbocycles. The molecule has 114 valence electrons. The van der Waals surface area contributed by atoms with Gasteiger partial charge in [0.25, 0.3) is 0 Å². The molecule has 0 aliphatic heterocycles. The maximum Gasteiger partial charge on any atom is 0.151 e. The van der Waals surface area contributed by atoms with Gasteiger partial charge in [-0.3, -0.25) is 0 Å². The SMILES string of the molecule is CCCNCc1ccc(N(CC)C(C)CN(C)C)nn1. The molecule has 5 heteroatoms. The molecule has 1 aromatic heterocycles. The van der Waals surface area contributed by atoms with Crippen LogP contribution < -0.4 is 10.2 Å². The number of anilines is 1. The Kier molecular flexibility index (Phi) is 7.47. The second-order valence-electron chi connectivity index (χ2n) is 5.46. The summed E-state index contributed by atoms with van der Waals surface area (Å²) in [6.45, 7) is 10.3. The van der Waals surface area contributed by atoms with Crippen LogP contribution >= 0.6 is 0 Å². The normalized spacial score (nSPS) is 12.7. The summed E-state index contributed by atoms with van der Waals surface area (Å²) in [5.41, 5.74) is 0.999. The molecule has 1 unspecified atom stereocenters. The number of nitrogens with one attached hydrogen (secondary N) is 1. The van der Waals surface area contributed by atoms with Gasteiger partial charge in [-0.25, -0.2) is 0 Å². The Balaban J connectivity index is 2.64. The summed E-state index contributed by atoms with van der Waals surface area (Å²) >= 11 is 0. The molecule has 0 saturated heterocycles. The Labute approximate surface area is 123 Å². The zero-order valence-electron chi connectivity index (χ0n) is 13.6.